The molecule has 2 rings (SSSR count). The molecule has 19 heavy (non-hydrogen) atoms. The van der Waals surface area contributed by atoms with Crippen molar-refractivity contribution in [2.45, 2.75) is 17.3 Å². The number of aromatic nitrogens is 3. The predicted octanol–water partition coefficient (Wildman–Crippen LogP) is 1.14. The van der Waals surface area contributed by atoms with Crippen LogP contribution in [0.25, 0.3) is 0 Å². The lowest BCUT2D eigenvalue weighted by molar-refractivity contribution is -0.117. The Morgan fingerprint density at radius 2 is 2.11 bits per heavy atom. The molecule has 0 radical (unpaired) electrons. The van der Waals surface area contributed by atoms with Crippen LogP contribution in [-0.4, -0.2) is 33.1 Å². The molecule has 0 aliphatic rings. The van der Waals surface area contributed by atoms with Crippen LogP contribution >= 0.6 is 11.8 Å². The Labute approximate surface area is 115 Å². The van der Waals surface area contributed by atoms with Gasteiger partial charge in [0.05, 0.1) is 5.25 Å². The van der Waals surface area contributed by atoms with Crippen molar-refractivity contribution >= 4 is 23.4 Å². The molecule has 0 spiro atoms. The molecule has 1 atom stereocenters. The van der Waals surface area contributed by atoms with Gasteiger partial charge in [-0.15, -0.1) is 10.2 Å². The van der Waals surface area contributed by atoms with Gasteiger partial charge in [0.1, 0.15) is 6.33 Å². The van der Waals surface area contributed by atoms with E-state index in [1.807, 2.05) is 37.3 Å². The van der Waals surface area contributed by atoms with Crippen LogP contribution in [-0.2, 0) is 4.79 Å². The van der Waals surface area contributed by atoms with Crippen LogP contribution in [0.4, 0.5) is 5.69 Å². The third-order valence-electron chi connectivity index (χ3n) is 2.64. The minimum Gasteiger partial charge on any atom is -0.336 e. The van der Waals surface area contributed by atoms with E-state index in [1.54, 1.807) is 11.9 Å². The summed E-state index contributed by atoms with van der Waals surface area (Å²) in [5, 5.41) is 7.75. The van der Waals surface area contributed by atoms with Crippen molar-refractivity contribution in [2.75, 3.05) is 17.8 Å². The highest BCUT2D eigenvalue weighted by Crippen LogP contribution is 2.22. The highest BCUT2D eigenvalue weighted by molar-refractivity contribution is 8.00. The molecule has 0 fully saturated rings. The van der Waals surface area contributed by atoms with E-state index in [1.165, 1.54) is 22.8 Å². The number of carbonyl (C=O) groups is 1. The van der Waals surface area contributed by atoms with E-state index in [0.717, 1.165) is 5.69 Å². The first-order valence-electron chi connectivity index (χ1n) is 5.74. The lowest BCUT2D eigenvalue weighted by atomic mass is 10.3. The van der Waals surface area contributed by atoms with Crippen molar-refractivity contribution in [3.63, 3.8) is 0 Å². The normalized spacial score (nSPS) is 12.1. The second-order valence-electron chi connectivity index (χ2n) is 4.01. The molecular weight excluding hydrogens is 262 g/mol. The summed E-state index contributed by atoms with van der Waals surface area (Å²) >= 11 is 1.28. The van der Waals surface area contributed by atoms with Crippen molar-refractivity contribution < 1.29 is 4.79 Å². The molecule has 2 N–H and O–H groups in total. The Balaban J connectivity index is 2.05. The fraction of sp³-hybridized carbons (Fsp3) is 0.250. The van der Waals surface area contributed by atoms with Crippen molar-refractivity contribution in [1.82, 2.24) is 14.9 Å². The zero-order valence-electron chi connectivity index (χ0n) is 10.7. The van der Waals surface area contributed by atoms with Crippen LogP contribution in [0.3, 0.4) is 0 Å². The average Bonchev–Trinajstić information content (AvgIpc) is 2.83. The zero-order valence-corrected chi connectivity index (χ0v) is 11.5. The number of hydrogen-bond donors (Lipinski definition) is 1. The molecule has 0 aliphatic heterocycles. The molecule has 1 aromatic heterocycles. The van der Waals surface area contributed by atoms with Gasteiger partial charge in [0.2, 0.25) is 11.1 Å². The van der Waals surface area contributed by atoms with E-state index in [4.69, 9.17) is 5.84 Å². The van der Waals surface area contributed by atoms with Crippen molar-refractivity contribution in [3.05, 3.63) is 36.7 Å². The summed E-state index contributed by atoms with van der Waals surface area (Å²) in [5.41, 5.74) is 0.856. The van der Waals surface area contributed by atoms with Gasteiger partial charge in [-0.05, 0) is 19.1 Å². The van der Waals surface area contributed by atoms with E-state index in [0.29, 0.717) is 5.16 Å². The topological polar surface area (TPSA) is 77.0 Å². The third kappa shape index (κ3) is 3.05. The van der Waals surface area contributed by atoms with Crippen LogP contribution in [0.2, 0.25) is 0 Å². The van der Waals surface area contributed by atoms with E-state index in [-0.39, 0.29) is 11.2 Å². The Morgan fingerprint density at radius 3 is 2.68 bits per heavy atom. The number of nitrogens with two attached hydrogens (primary N) is 1. The molecule has 0 unspecified atom stereocenters. The van der Waals surface area contributed by atoms with Gasteiger partial charge in [-0.2, -0.15) is 0 Å². The Kier molecular flexibility index (Phi) is 4.06. The fourth-order valence-corrected chi connectivity index (χ4v) is 2.41. The average molecular weight is 277 g/mol. The minimum atomic E-state index is -0.295. The van der Waals surface area contributed by atoms with Crippen LogP contribution in [0.5, 0.6) is 0 Å². The van der Waals surface area contributed by atoms with Gasteiger partial charge in [0.25, 0.3) is 0 Å². The van der Waals surface area contributed by atoms with Gasteiger partial charge in [0.15, 0.2) is 0 Å². The molecule has 2 aromatic rings. The number of benzene rings is 1. The second kappa shape index (κ2) is 5.75. The highest BCUT2D eigenvalue weighted by atomic mass is 32.2. The Hall–Kier alpha value is -2.02. The predicted molar refractivity (Wildman–Crippen MR) is 75.3 cm³/mol. The molecular formula is C12H15N5OS. The maximum atomic E-state index is 12.3. The summed E-state index contributed by atoms with van der Waals surface area (Å²) in [6, 6.07) is 9.49. The molecule has 0 aliphatic carbocycles. The lowest BCUT2D eigenvalue weighted by Gasteiger charge is -2.20. The number of carbonyl (C=O) groups excluding carboxylic acids is 1. The molecule has 100 valence electrons. The number of rotatable bonds is 4. The fourth-order valence-electron chi connectivity index (χ4n) is 1.58. The van der Waals surface area contributed by atoms with Crippen LogP contribution in [0.15, 0.2) is 41.8 Å². The van der Waals surface area contributed by atoms with Crippen molar-refractivity contribution in [1.29, 1.82) is 0 Å². The summed E-state index contributed by atoms with van der Waals surface area (Å²) in [6.07, 6.45) is 1.40. The molecule has 6 nitrogen and oxygen atoms in total. The van der Waals surface area contributed by atoms with Gasteiger partial charge in [-0.25, -0.2) is 4.68 Å². The van der Waals surface area contributed by atoms with Gasteiger partial charge in [-0.1, -0.05) is 30.0 Å². The Bertz CT molecular complexity index is 556. The van der Waals surface area contributed by atoms with Gasteiger partial charge in [0, 0.05) is 12.7 Å². The molecule has 1 heterocycles. The summed E-state index contributed by atoms with van der Waals surface area (Å²) in [5.74, 6) is 5.61. The van der Waals surface area contributed by atoms with E-state index >= 15 is 0 Å². The first-order valence-corrected chi connectivity index (χ1v) is 6.62. The lowest BCUT2D eigenvalue weighted by Crippen LogP contribution is -2.33. The second-order valence-corrected chi connectivity index (χ2v) is 5.32. The quantitative estimate of drug-likeness (QED) is 0.669. The standard InChI is InChI=1S/C12H15N5OS/c1-9(19-12-15-14-8-17(12)13)11(18)16(2)10-6-4-3-5-7-10/h3-9H,13H2,1-2H3/t9-/m1/s1. The first-order chi connectivity index (χ1) is 9.09. The zero-order chi connectivity index (χ0) is 13.8. The molecule has 0 bridgehead atoms. The van der Waals surface area contributed by atoms with Gasteiger partial charge < -0.3 is 10.7 Å². The highest BCUT2D eigenvalue weighted by Gasteiger charge is 2.21. The third-order valence-corrected chi connectivity index (χ3v) is 3.70. The van der Waals surface area contributed by atoms with Crippen molar-refractivity contribution in [3.8, 4) is 0 Å². The maximum Gasteiger partial charge on any atom is 0.240 e. The molecule has 0 saturated heterocycles. The number of nitrogens with zero attached hydrogens (tertiary/aromatic N) is 4. The van der Waals surface area contributed by atoms with Gasteiger partial charge >= 0.3 is 0 Å². The number of anilines is 1. The number of para-hydroxylation sites is 1. The maximum absolute atomic E-state index is 12.3. The molecule has 0 saturated carbocycles. The largest absolute Gasteiger partial charge is 0.336 e. The van der Waals surface area contributed by atoms with E-state index < -0.39 is 0 Å². The van der Waals surface area contributed by atoms with Crippen LogP contribution in [0, 0.1) is 0 Å². The monoisotopic (exact) mass is 277 g/mol. The number of thioether (sulfide) groups is 1. The minimum absolute atomic E-state index is 0.0146. The van der Waals surface area contributed by atoms with E-state index in [2.05, 4.69) is 10.2 Å². The van der Waals surface area contributed by atoms with Crippen LogP contribution < -0.4 is 10.7 Å². The number of nitrogen functional groups attached to an aromatic ring is 1. The number of amides is 1. The Morgan fingerprint density at radius 1 is 1.42 bits per heavy atom. The molecule has 1 aromatic carbocycles. The number of hydrogen-bond acceptors (Lipinski definition) is 5. The molecule has 1 amide bonds. The summed E-state index contributed by atoms with van der Waals surface area (Å²) in [7, 11) is 1.75. The summed E-state index contributed by atoms with van der Waals surface area (Å²) < 4.78 is 1.30. The first kappa shape index (κ1) is 13.4. The van der Waals surface area contributed by atoms with Crippen molar-refractivity contribution in [2.24, 2.45) is 0 Å². The SMILES string of the molecule is C[C@@H](Sc1nncn1N)C(=O)N(C)c1ccccc1. The summed E-state index contributed by atoms with van der Waals surface area (Å²) in [6.45, 7) is 1.82. The smallest absolute Gasteiger partial charge is 0.240 e. The van der Waals surface area contributed by atoms with Crippen LogP contribution in [0.1, 0.15) is 6.92 Å². The van der Waals surface area contributed by atoms with Gasteiger partial charge in [-0.3, -0.25) is 4.79 Å². The van der Waals surface area contributed by atoms with E-state index in [9.17, 15) is 4.79 Å². The molecule has 7 heteroatoms. The summed E-state index contributed by atoms with van der Waals surface area (Å²) in [4.78, 5) is 13.9.